The molecule has 1 fully saturated rings. The van der Waals surface area contributed by atoms with Crippen LogP contribution in [0.5, 0.6) is 23.0 Å². The molecule has 7 heteroatoms. The van der Waals surface area contributed by atoms with Gasteiger partial charge in [-0.25, -0.2) is 0 Å². The van der Waals surface area contributed by atoms with Gasteiger partial charge in [-0.05, 0) is 35.4 Å². The highest BCUT2D eigenvalue weighted by atomic mass is 16.7. The molecule has 3 rings (SSSR count). The molecule has 0 radical (unpaired) electrons. The van der Waals surface area contributed by atoms with Crippen LogP contribution in [-0.4, -0.2) is 46.8 Å². The van der Waals surface area contributed by atoms with Crippen LogP contribution >= 0.6 is 0 Å². The van der Waals surface area contributed by atoms with Crippen LogP contribution in [0.2, 0.25) is 0 Å². The Morgan fingerprint density at radius 3 is 1.96 bits per heavy atom. The van der Waals surface area contributed by atoms with E-state index in [2.05, 4.69) is 0 Å². The van der Waals surface area contributed by atoms with Crippen LogP contribution in [-0.2, 0) is 9.47 Å². The summed E-state index contributed by atoms with van der Waals surface area (Å²) in [5, 5.41) is 11.1. The van der Waals surface area contributed by atoms with Crippen LogP contribution in [0.15, 0.2) is 30.3 Å². The molecule has 7 nitrogen and oxygen atoms in total. The summed E-state index contributed by atoms with van der Waals surface area (Å²) in [5.74, 6) is 2.16. The molecule has 0 bridgehead atoms. The Balaban J connectivity index is 2.08. The van der Waals surface area contributed by atoms with Crippen molar-refractivity contribution < 1.29 is 33.5 Å². The first-order chi connectivity index (χ1) is 13.1. The lowest BCUT2D eigenvalue weighted by atomic mass is 9.95. The molecule has 1 N–H and O–H groups in total. The molecule has 1 unspecified atom stereocenters. The SMILES string of the molecule is COc1ccc(C(O)c2cc(OC)c(OC)cc2C2OCCO2)cc1OC. The number of benzene rings is 2. The zero-order chi connectivity index (χ0) is 19.4. The summed E-state index contributed by atoms with van der Waals surface area (Å²) in [6, 6.07) is 8.78. The molecule has 1 saturated heterocycles. The molecule has 1 aliphatic heterocycles. The van der Waals surface area contributed by atoms with Crippen LogP contribution in [0, 0.1) is 0 Å². The van der Waals surface area contributed by atoms with E-state index in [9.17, 15) is 5.11 Å². The normalized spacial score (nSPS) is 15.4. The van der Waals surface area contributed by atoms with Gasteiger partial charge >= 0.3 is 0 Å². The van der Waals surface area contributed by atoms with E-state index in [0.29, 0.717) is 52.9 Å². The van der Waals surface area contributed by atoms with E-state index in [0.717, 1.165) is 0 Å². The number of aliphatic hydroxyl groups is 1. The number of ether oxygens (including phenoxy) is 6. The van der Waals surface area contributed by atoms with Crippen molar-refractivity contribution in [3.05, 3.63) is 47.0 Å². The summed E-state index contributed by atoms with van der Waals surface area (Å²) >= 11 is 0. The molecular weight excluding hydrogens is 352 g/mol. The third kappa shape index (κ3) is 3.80. The van der Waals surface area contributed by atoms with Gasteiger partial charge in [-0.3, -0.25) is 0 Å². The van der Waals surface area contributed by atoms with Crippen molar-refractivity contribution in [2.75, 3.05) is 41.7 Å². The van der Waals surface area contributed by atoms with Crippen molar-refractivity contribution in [3.63, 3.8) is 0 Å². The van der Waals surface area contributed by atoms with E-state index >= 15 is 0 Å². The zero-order valence-electron chi connectivity index (χ0n) is 15.9. The quantitative estimate of drug-likeness (QED) is 0.796. The Labute approximate surface area is 158 Å². The van der Waals surface area contributed by atoms with Crippen molar-refractivity contribution in [1.29, 1.82) is 0 Å². The second-order valence-electron chi connectivity index (χ2n) is 5.93. The molecule has 1 aliphatic rings. The fourth-order valence-corrected chi connectivity index (χ4v) is 3.09. The molecule has 0 saturated carbocycles. The summed E-state index contributed by atoms with van der Waals surface area (Å²) < 4.78 is 32.7. The number of hydrogen-bond acceptors (Lipinski definition) is 7. The van der Waals surface area contributed by atoms with E-state index < -0.39 is 12.4 Å². The molecule has 146 valence electrons. The first-order valence-corrected chi connectivity index (χ1v) is 8.52. The fraction of sp³-hybridized carbons (Fsp3) is 0.400. The van der Waals surface area contributed by atoms with Gasteiger partial charge in [0.2, 0.25) is 0 Å². The third-order valence-electron chi connectivity index (χ3n) is 4.48. The van der Waals surface area contributed by atoms with Gasteiger partial charge in [0.1, 0.15) is 6.10 Å². The summed E-state index contributed by atoms with van der Waals surface area (Å²) in [6.45, 7) is 0.982. The monoisotopic (exact) mass is 376 g/mol. The van der Waals surface area contributed by atoms with Gasteiger partial charge in [-0.2, -0.15) is 0 Å². The van der Waals surface area contributed by atoms with Crippen molar-refractivity contribution in [3.8, 4) is 23.0 Å². The maximum atomic E-state index is 11.1. The van der Waals surface area contributed by atoms with Crippen molar-refractivity contribution in [2.24, 2.45) is 0 Å². The molecule has 0 aromatic heterocycles. The Morgan fingerprint density at radius 1 is 0.815 bits per heavy atom. The standard InChI is InChI=1S/C20H24O7/c1-22-15-6-5-12(9-16(15)23-2)19(21)13-10-17(24-3)18(25-4)11-14(13)20-26-7-8-27-20/h5-6,9-11,19-21H,7-8H2,1-4H3. The van der Waals surface area contributed by atoms with E-state index in [-0.39, 0.29) is 0 Å². The van der Waals surface area contributed by atoms with Crippen LogP contribution in [0.1, 0.15) is 29.1 Å². The lowest BCUT2D eigenvalue weighted by Gasteiger charge is -2.22. The van der Waals surface area contributed by atoms with Gasteiger partial charge in [0.05, 0.1) is 41.7 Å². The van der Waals surface area contributed by atoms with Crippen molar-refractivity contribution in [1.82, 2.24) is 0 Å². The number of methoxy groups -OCH3 is 4. The van der Waals surface area contributed by atoms with Crippen molar-refractivity contribution in [2.45, 2.75) is 12.4 Å². The lowest BCUT2D eigenvalue weighted by molar-refractivity contribution is -0.0458. The molecule has 2 aromatic rings. The Bertz CT molecular complexity index is 784. The molecule has 1 atom stereocenters. The lowest BCUT2D eigenvalue weighted by Crippen LogP contribution is -2.10. The second-order valence-corrected chi connectivity index (χ2v) is 5.93. The summed E-state index contributed by atoms with van der Waals surface area (Å²) in [5.41, 5.74) is 1.93. The maximum absolute atomic E-state index is 11.1. The van der Waals surface area contributed by atoms with Crippen molar-refractivity contribution >= 4 is 0 Å². The highest BCUT2D eigenvalue weighted by Gasteiger charge is 2.28. The molecule has 27 heavy (non-hydrogen) atoms. The fourth-order valence-electron chi connectivity index (χ4n) is 3.09. The third-order valence-corrected chi connectivity index (χ3v) is 4.48. The minimum absolute atomic E-state index is 0.491. The number of aliphatic hydroxyl groups excluding tert-OH is 1. The topological polar surface area (TPSA) is 75.6 Å². The molecule has 0 amide bonds. The van der Waals surface area contributed by atoms with E-state index in [1.165, 1.54) is 0 Å². The van der Waals surface area contributed by atoms with E-state index in [1.54, 1.807) is 58.8 Å². The molecular formula is C20H24O7. The minimum atomic E-state index is -0.951. The number of hydrogen-bond donors (Lipinski definition) is 1. The number of rotatable bonds is 7. The van der Waals surface area contributed by atoms with Crippen LogP contribution < -0.4 is 18.9 Å². The highest BCUT2D eigenvalue weighted by molar-refractivity contribution is 5.52. The first-order valence-electron chi connectivity index (χ1n) is 8.52. The minimum Gasteiger partial charge on any atom is -0.493 e. The Morgan fingerprint density at radius 2 is 1.37 bits per heavy atom. The van der Waals surface area contributed by atoms with Crippen LogP contribution in [0.25, 0.3) is 0 Å². The van der Waals surface area contributed by atoms with Crippen LogP contribution in [0.3, 0.4) is 0 Å². The molecule has 0 aliphatic carbocycles. The predicted molar refractivity (Wildman–Crippen MR) is 97.8 cm³/mol. The summed E-state index contributed by atoms with van der Waals surface area (Å²) in [6.07, 6.45) is -1.53. The Hall–Kier alpha value is -2.48. The van der Waals surface area contributed by atoms with Gasteiger partial charge in [-0.1, -0.05) is 6.07 Å². The maximum Gasteiger partial charge on any atom is 0.184 e. The smallest absolute Gasteiger partial charge is 0.184 e. The van der Waals surface area contributed by atoms with Gasteiger partial charge in [-0.15, -0.1) is 0 Å². The zero-order valence-corrected chi connectivity index (χ0v) is 15.9. The molecule has 1 heterocycles. The van der Waals surface area contributed by atoms with Gasteiger partial charge < -0.3 is 33.5 Å². The average Bonchev–Trinajstić information content (AvgIpc) is 3.26. The largest absolute Gasteiger partial charge is 0.493 e. The second kappa shape index (κ2) is 8.47. The summed E-state index contributed by atoms with van der Waals surface area (Å²) in [4.78, 5) is 0. The van der Waals surface area contributed by atoms with E-state index in [1.807, 2.05) is 0 Å². The predicted octanol–water partition coefficient (Wildman–Crippen LogP) is 2.85. The van der Waals surface area contributed by atoms with E-state index in [4.69, 9.17) is 28.4 Å². The molecule has 0 spiro atoms. The van der Waals surface area contributed by atoms with Crippen LogP contribution in [0.4, 0.5) is 0 Å². The Kier molecular flexibility index (Phi) is 6.05. The van der Waals surface area contributed by atoms with Gasteiger partial charge in [0.15, 0.2) is 29.3 Å². The van der Waals surface area contributed by atoms with Gasteiger partial charge in [0.25, 0.3) is 0 Å². The summed E-state index contributed by atoms with van der Waals surface area (Å²) in [7, 11) is 6.22. The first kappa shape index (κ1) is 19.3. The highest BCUT2D eigenvalue weighted by Crippen LogP contribution is 2.41. The molecule has 2 aromatic carbocycles. The van der Waals surface area contributed by atoms with Gasteiger partial charge in [0, 0.05) is 5.56 Å². The average molecular weight is 376 g/mol.